The van der Waals surface area contributed by atoms with Gasteiger partial charge in [-0.15, -0.1) is 0 Å². The van der Waals surface area contributed by atoms with Crippen molar-refractivity contribution >= 4 is 21.6 Å². The van der Waals surface area contributed by atoms with Gasteiger partial charge >= 0.3 is 15.6 Å². The maximum atomic E-state index is 14.1. The second-order valence-corrected chi connectivity index (χ2v) is 27.2. The first kappa shape index (κ1) is 83.1. The lowest BCUT2D eigenvalue weighted by atomic mass is 9.95. The first-order valence-electron chi connectivity index (χ1n) is 35.1. The van der Waals surface area contributed by atoms with Gasteiger partial charge in [0, 0.05) is 40.5 Å². The average Bonchev–Trinajstić information content (AvgIpc) is 2.49. The van der Waals surface area contributed by atoms with Crippen molar-refractivity contribution in [3.8, 4) is 0 Å². The molecule has 0 radical (unpaired) electrons. The van der Waals surface area contributed by atoms with Crippen molar-refractivity contribution in [2.75, 3.05) is 47.3 Å². The number of unbranched alkanes of at least 4 members (excludes halogenated alkanes) is 30. The molecule has 0 unspecified atom stereocenters. The fourth-order valence-corrected chi connectivity index (χ4v) is 12.7. The third kappa shape index (κ3) is 41.0. The summed E-state index contributed by atoms with van der Waals surface area (Å²) in [4.78, 5) is 55.3. The van der Waals surface area contributed by atoms with Gasteiger partial charge in [-0.25, -0.2) is 9.13 Å². The molecule has 2 saturated heterocycles. The number of allylic oxidation sites excluding steroid dienone is 2. The topological polar surface area (TPSA) is 277 Å². The predicted molar refractivity (Wildman–Crippen MR) is 346 cm³/mol. The Kier molecular flexibility index (Phi) is 50.3. The van der Waals surface area contributed by atoms with Gasteiger partial charge in [-0.2, -0.15) is 0 Å². The third-order valence-corrected chi connectivity index (χ3v) is 17.9. The Morgan fingerprint density at radius 1 is 0.477 bits per heavy atom. The Morgan fingerprint density at radius 2 is 0.932 bits per heavy atom. The maximum absolute atomic E-state index is 14.1. The van der Waals surface area contributed by atoms with E-state index in [1.165, 1.54) is 77.7 Å². The normalized spacial score (nSPS) is 23.5. The number of phosphoric ester groups is 2. The van der Waals surface area contributed by atoms with E-state index in [-0.39, 0.29) is 45.4 Å². The van der Waals surface area contributed by atoms with E-state index >= 15 is 0 Å². The van der Waals surface area contributed by atoms with E-state index in [0.29, 0.717) is 25.7 Å². The number of phosphoric acid groups is 2. The maximum Gasteiger partial charge on any atom is 0.472 e. The van der Waals surface area contributed by atoms with E-state index in [9.17, 15) is 43.7 Å². The highest BCUT2D eigenvalue weighted by molar-refractivity contribution is 7.46. The van der Waals surface area contributed by atoms with Gasteiger partial charge in [-0.3, -0.25) is 13.8 Å². The molecule has 0 aliphatic carbocycles. The minimum absolute atomic E-state index is 0.0364. The molecule has 12 atom stereocenters. The number of hydrogen-bond donors (Lipinski definition) is 7. The standard InChI is InChI=1S/C66H129NO19P2/c1-7-11-15-19-22-25-26-27-28-29-30-32-34-38-42-46-58(69)67-59-62(80-51-48-55(78-6)45-41-36-18-14-10-4)61(85-87(71,72)73)57(52-77-5)84-65(59)82-53-56-60(70)63(79-49-43-39-35-24-21-17-13-9-3)64(66(83-56)86-88(74,75)76)81-50-47-54(68)44-40-37-33-31-23-20-16-12-8-2/h25-26,54-57,59-66,68,70H,7-24,27-53H2,1-6H3,(H,67,69)(H2,71,72,73)(H2,74,75,76)/b26-25-/t54-,55-,56-,57-,59-,60-,61-,62-,63+,64-,65-,66-/m1/s1. The third-order valence-electron chi connectivity index (χ3n) is 16.9. The number of nitrogens with one attached hydrogen (secondary N) is 1. The first-order chi connectivity index (χ1) is 42.5. The molecule has 2 aliphatic heterocycles. The van der Waals surface area contributed by atoms with Crippen molar-refractivity contribution in [3.05, 3.63) is 12.2 Å². The summed E-state index contributed by atoms with van der Waals surface area (Å²) in [7, 11) is -7.51. The minimum atomic E-state index is -5.28. The van der Waals surface area contributed by atoms with Crippen molar-refractivity contribution in [3.63, 3.8) is 0 Å². The lowest BCUT2D eigenvalue weighted by Gasteiger charge is -2.47. The zero-order valence-electron chi connectivity index (χ0n) is 55.8. The van der Waals surface area contributed by atoms with Gasteiger partial charge in [-0.05, 0) is 64.2 Å². The molecule has 2 fully saturated rings. The molecule has 88 heavy (non-hydrogen) atoms. The van der Waals surface area contributed by atoms with Gasteiger partial charge in [0.05, 0.1) is 25.4 Å². The first-order valence-corrected chi connectivity index (χ1v) is 38.2. The minimum Gasteiger partial charge on any atom is -0.393 e. The molecule has 0 aromatic carbocycles. The molecule has 522 valence electrons. The van der Waals surface area contributed by atoms with Gasteiger partial charge in [0.1, 0.15) is 48.8 Å². The average molecular weight is 1300 g/mol. The van der Waals surface area contributed by atoms with Crippen LogP contribution in [0.15, 0.2) is 12.2 Å². The van der Waals surface area contributed by atoms with Gasteiger partial charge < -0.3 is 73.0 Å². The molecule has 22 heteroatoms. The van der Waals surface area contributed by atoms with Crippen LogP contribution in [0.4, 0.5) is 0 Å². The Morgan fingerprint density at radius 3 is 1.47 bits per heavy atom. The molecule has 1 amide bonds. The molecule has 2 rings (SSSR count). The number of methoxy groups -OCH3 is 2. The van der Waals surface area contributed by atoms with Crippen molar-refractivity contribution in [2.24, 2.45) is 0 Å². The molecule has 0 aromatic heterocycles. The summed E-state index contributed by atoms with van der Waals surface area (Å²) < 4.78 is 85.9. The van der Waals surface area contributed by atoms with Crippen LogP contribution in [0.5, 0.6) is 0 Å². The zero-order valence-corrected chi connectivity index (χ0v) is 57.6. The summed E-state index contributed by atoms with van der Waals surface area (Å²) >= 11 is 0. The predicted octanol–water partition coefficient (Wildman–Crippen LogP) is 14.3. The molecule has 0 spiro atoms. The second kappa shape index (κ2) is 53.3. The number of hydrogen-bond acceptors (Lipinski definition) is 15. The number of carbonyl (C=O) groups excluding carboxylic acids is 1. The lowest BCUT2D eigenvalue weighted by molar-refractivity contribution is -0.319. The molecule has 20 nitrogen and oxygen atoms in total. The highest BCUT2D eigenvalue weighted by Gasteiger charge is 2.53. The van der Waals surface area contributed by atoms with Gasteiger partial charge in [0.15, 0.2) is 12.6 Å². The molecule has 0 saturated carbocycles. The molecule has 2 aliphatic rings. The highest BCUT2D eigenvalue weighted by Crippen LogP contribution is 2.44. The summed E-state index contributed by atoms with van der Waals surface area (Å²) in [6, 6.07) is -1.27. The summed E-state index contributed by atoms with van der Waals surface area (Å²) in [6.07, 6.45) is 30.9. The van der Waals surface area contributed by atoms with E-state index < -0.39 is 95.6 Å². The SMILES string of the molecule is CCCCCC/C=C\CCCCCCCCCC(=O)N[C@H]1[C@H](OC[C@H]2O[C@H](OP(=O)(O)O)[C@H](OCC[C@H](O)CCCCCCCCCCC)[C@@H](OCCCCCCCCCC)[C@@H]2O)O[C@H](COC)[C@@H](OP(=O)(O)O)[C@@H]1OCC[C@@H](CCCCCCC)OC. The van der Waals surface area contributed by atoms with Crippen molar-refractivity contribution in [1.82, 2.24) is 5.32 Å². The number of aliphatic hydroxyl groups is 2. The number of rotatable bonds is 60. The number of carbonyl (C=O) groups is 1. The number of aliphatic hydroxyl groups excluding tert-OH is 2. The van der Waals surface area contributed by atoms with Crippen LogP contribution in [0.3, 0.4) is 0 Å². The zero-order chi connectivity index (χ0) is 64.5. The molecule has 7 N–H and O–H groups in total. The Balaban J connectivity index is 2.41. The van der Waals surface area contributed by atoms with E-state index in [2.05, 4.69) is 45.2 Å². The fourth-order valence-electron chi connectivity index (χ4n) is 11.7. The van der Waals surface area contributed by atoms with E-state index in [4.69, 9.17) is 46.9 Å². The summed E-state index contributed by atoms with van der Waals surface area (Å²) in [6.45, 7) is 8.14. The van der Waals surface area contributed by atoms with Crippen molar-refractivity contribution < 1.29 is 90.7 Å². The van der Waals surface area contributed by atoms with Gasteiger partial charge in [-0.1, -0.05) is 226 Å². The monoisotopic (exact) mass is 1300 g/mol. The van der Waals surface area contributed by atoms with Crippen LogP contribution in [0.25, 0.3) is 0 Å². The van der Waals surface area contributed by atoms with Crippen LogP contribution in [-0.4, -0.2) is 157 Å². The summed E-state index contributed by atoms with van der Waals surface area (Å²) in [5, 5.41) is 26.3. The smallest absolute Gasteiger partial charge is 0.393 e. The quantitative estimate of drug-likeness (QED) is 0.0169. The van der Waals surface area contributed by atoms with E-state index in [1.54, 1.807) is 7.11 Å². The second-order valence-electron chi connectivity index (χ2n) is 24.8. The van der Waals surface area contributed by atoms with Crippen LogP contribution in [0, 0.1) is 0 Å². The van der Waals surface area contributed by atoms with Crippen LogP contribution in [0.2, 0.25) is 0 Å². The van der Waals surface area contributed by atoms with Gasteiger partial charge in [0.25, 0.3) is 0 Å². The summed E-state index contributed by atoms with van der Waals surface area (Å²) in [5.74, 6) is -0.393. The number of amides is 1. The van der Waals surface area contributed by atoms with Gasteiger partial charge in [0.2, 0.25) is 5.91 Å². The molecule has 2 heterocycles. The highest BCUT2D eigenvalue weighted by atomic mass is 31.2. The van der Waals surface area contributed by atoms with Crippen molar-refractivity contribution in [2.45, 2.75) is 358 Å². The van der Waals surface area contributed by atoms with E-state index in [1.807, 2.05) is 0 Å². The molecule has 0 aromatic rings. The Hall–Kier alpha value is -0.970. The van der Waals surface area contributed by atoms with Crippen LogP contribution in [0.1, 0.15) is 285 Å². The lowest BCUT2D eigenvalue weighted by Crippen LogP contribution is -2.67. The largest absolute Gasteiger partial charge is 0.472 e. The summed E-state index contributed by atoms with van der Waals surface area (Å²) in [5.41, 5.74) is 0. The Bertz CT molecular complexity index is 1760. The molecular formula is C66H129NO19P2. The number of ether oxygens (including phenoxy) is 8. The Labute approximate surface area is 532 Å². The molecular weight excluding hydrogens is 1170 g/mol. The fraction of sp³-hybridized carbons (Fsp3) is 0.955. The van der Waals surface area contributed by atoms with Crippen LogP contribution >= 0.6 is 15.6 Å². The van der Waals surface area contributed by atoms with Crippen LogP contribution < -0.4 is 5.32 Å². The van der Waals surface area contributed by atoms with E-state index in [0.717, 1.165) is 148 Å². The van der Waals surface area contributed by atoms with Crippen LogP contribution in [-0.2, 0) is 60.9 Å². The van der Waals surface area contributed by atoms with Crippen molar-refractivity contribution in [1.29, 1.82) is 0 Å². The molecule has 0 bridgehead atoms.